The summed E-state index contributed by atoms with van der Waals surface area (Å²) >= 11 is 0. The molecule has 0 aliphatic heterocycles. The largest absolute Gasteiger partial charge is 0.496 e. The van der Waals surface area contributed by atoms with Gasteiger partial charge in [0.25, 0.3) is 5.91 Å². The van der Waals surface area contributed by atoms with Crippen LogP contribution in [0.15, 0.2) is 54.6 Å². The lowest BCUT2D eigenvalue weighted by Crippen LogP contribution is -2.44. The van der Waals surface area contributed by atoms with Gasteiger partial charge in [-0.3, -0.25) is 4.79 Å². The Balaban J connectivity index is 1.64. The van der Waals surface area contributed by atoms with Gasteiger partial charge < -0.3 is 19.5 Å². The fourth-order valence-corrected chi connectivity index (χ4v) is 4.40. The predicted octanol–water partition coefficient (Wildman–Crippen LogP) is 4.66. The van der Waals surface area contributed by atoms with Crippen LogP contribution in [0.5, 0.6) is 5.75 Å². The van der Waals surface area contributed by atoms with E-state index in [1.807, 2.05) is 51.1 Å². The summed E-state index contributed by atoms with van der Waals surface area (Å²) in [6.07, 6.45) is 3.31. The van der Waals surface area contributed by atoms with Crippen LogP contribution in [0.25, 0.3) is 0 Å². The fourth-order valence-electron chi connectivity index (χ4n) is 4.40. The number of esters is 1. The molecule has 0 saturated heterocycles. The number of amides is 1. The van der Waals surface area contributed by atoms with Crippen LogP contribution in [0.4, 0.5) is 0 Å². The van der Waals surface area contributed by atoms with E-state index in [9.17, 15) is 9.59 Å². The van der Waals surface area contributed by atoms with Crippen LogP contribution in [-0.2, 0) is 19.7 Å². The van der Waals surface area contributed by atoms with E-state index in [1.165, 1.54) is 5.56 Å². The zero-order chi connectivity index (χ0) is 23.9. The van der Waals surface area contributed by atoms with Crippen LogP contribution < -0.4 is 10.1 Å². The summed E-state index contributed by atoms with van der Waals surface area (Å²) in [6.45, 7) is 6.02. The molecule has 1 fully saturated rings. The number of methoxy groups -OCH3 is 1. The first kappa shape index (κ1) is 24.8. The highest BCUT2D eigenvalue weighted by Crippen LogP contribution is 2.40. The number of hydrogen-bond donors (Lipinski definition) is 1. The van der Waals surface area contributed by atoms with Crippen molar-refractivity contribution in [2.45, 2.75) is 63.6 Å². The van der Waals surface area contributed by atoms with Crippen molar-refractivity contribution >= 4 is 11.9 Å². The van der Waals surface area contributed by atoms with Crippen molar-refractivity contribution < 1.29 is 23.8 Å². The summed E-state index contributed by atoms with van der Waals surface area (Å²) < 4.78 is 16.6. The minimum absolute atomic E-state index is 0.000672. The molecule has 1 aliphatic carbocycles. The van der Waals surface area contributed by atoms with Gasteiger partial charge in [-0.05, 0) is 64.2 Å². The van der Waals surface area contributed by atoms with Crippen molar-refractivity contribution in [3.63, 3.8) is 0 Å². The predicted molar refractivity (Wildman–Crippen MR) is 128 cm³/mol. The SMILES string of the molecule is COc1ccccc1C(=O)NC[C@]1(c2ccccc2)CC[C@H](OCC(=O)OC(C)(C)C)CC1. The van der Waals surface area contributed by atoms with Gasteiger partial charge in [-0.15, -0.1) is 0 Å². The first-order valence-corrected chi connectivity index (χ1v) is 11.5. The maximum Gasteiger partial charge on any atom is 0.332 e. The van der Waals surface area contributed by atoms with Gasteiger partial charge in [-0.1, -0.05) is 42.5 Å². The number of carbonyl (C=O) groups excluding carboxylic acids is 2. The van der Waals surface area contributed by atoms with E-state index in [4.69, 9.17) is 14.2 Å². The zero-order valence-corrected chi connectivity index (χ0v) is 20.1. The van der Waals surface area contributed by atoms with E-state index in [1.54, 1.807) is 19.2 Å². The van der Waals surface area contributed by atoms with Crippen molar-refractivity contribution in [1.82, 2.24) is 5.32 Å². The number of para-hydroxylation sites is 1. The molecule has 1 saturated carbocycles. The van der Waals surface area contributed by atoms with Crippen molar-refractivity contribution in [1.29, 1.82) is 0 Å². The highest BCUT2D eigenvalue weighted by molar-refractivity contribution is 5.96. The monoisotopic (exact) mass is 453 g/mol. The molecule has 0 heterocycles. The van der Waals surface area contributed by atoms with Crippen LogP contribution in [0, 0.1) is 0 Å². The summed E-state index contributed by atoms with van der Waals surface area (Å²) in [6, 6.07) is 17.5. The third-order valence-corrected chi connectivity index (χ3v) is 6.07. The molecule has 0 radical (unpaired) electrons. The van der Waals surface area contributed by atoms with Gasteiger partial charge in [-0.25, -0.2) is 4.79 Å². The Bertz CT molecular complexity index is 927. The van der Waals surface area contributed by atoms with Gasteiger partial charge in [0, 0.05) is 12.0 Å². The van der Waals surface area contributed by atoms with Gasteiger partial charge >= 0.3 is 5.97 Å². The molecule has 0 bridgehead atoms. The van der Waals surface area contributed by atoms with Gasteiger partial charge in [0.15, 0.2) is 0 Å². The molecule has 178 valence electrons. The fraction of sp³-hybridized carbons (Fsp3) is 0.481. The maximum absolute atomic E-state index is 12.9. The third-order valence-electron chi connectivity index (χ3n) is 6.07. The molecule has 1 aliphatic rings. The Morgan fingerprint density at radius 1 is 1.00 bits per heavy atom. The summed E-state index contributed by atoms with van der Waals surface area (Å²) in [7, 11) is 1.57. The second kappa shape index (κ2) is 10.8. The summed E-state index contributed by atoms with van der Waals surface area (Å²) in [4.78, 5) is 24.9. The topological polar surface area (TPSA) is 73.9 Å². The van der Waals surface area contributed by atoms with Gasteiger partial charge in [0.05, 0.1) is 18.8 Å². The van der Waals surface area contributed by atoms with Crippen LogP contribution >= 0.6 is 0 Å². The van der Waals surface area contributed by atoms with E-state index >= 15 is 0 Å². The van der Waals surface area contributed by atoms with Crippen LogP contribution in [0.2, 0.25) is 0 Å². The maximum atomic E-state index is 12.9. The highest BCUT2D eigenvalue weighted by Gasteiger charge is 2.38. The Kier molecular flexibility index (Phi) is 8.14. The van der Waals surface area contributed by atoms with Crippen molar-refractivity contribution in [2.75, 3.05) is 20.3 Å². The molecule has 2 aromatic carbocycles. The number of ether oxygens (including phenoxy) is 3. The van der Waals surface area contributed by atoms with E-state index in [-0.39, 0.29) is 30.0 Å². The first-order chi connectivity index (χ1) is 15.7. The van der Waals surface area contributed by atoms with Gasteiger partial charge in [0.1, 0.15) is 18.0 Å². The number of carbonyl (C=O) groups is 2. The molecular formula is C27H35NO5. The van der Waals surface area contributed by atoms with Crippen molar-refractivity contribution in [3.8, 4) is 5.75 Å². The molecule has 1 N–H and O–H groups in total. The summed E-state index contributed by atoms with van der Waals surface area (Å²) in [5.41, 5.74) is 1.02. The Morgan fingerprint density at radius 2 is 1.64 bits per heavy atom. The van der Waals surface area contributed by atoms with Gasteiger partial charge in [-0.2, -0.15) is 0 Å². The molecule has 33 heavy (non-hydrogen) atoms. The molecule has 6 nitrogen and oxygen atoms in total. The third kappa shape index (κ3) is 6.81. The normalized spacial score (nSPS) is 20.7. The van der Waals surface area contributed by atoms with Crippen molar-refractivity contribution in [3.05, 3.63) is 65.7 Å². The zero-order valence-electron chi connectivity index (χ0n) is 20.1. The standard InChI is InChI=1S/C27H35NO5/c1-26(2,3)33-24(29)18-32-21-14-16-27(17-15-21,20-10-6-5-7-11-20)19-28-25(30)22-12-8-9-13-23(22)31-4/h5-13,21H,14-19H2,1-4H3,(H,28,30)/t21-,27-. The molecular weight excluding hydrogens is 418 g/mol. The Morgan fingerprint density at radius 3 is 2.27 bits per heavy atom. The Labute approximate surface area is 196 Å². The van der Waals surface area contributed by atoms with Crippen LogP contribution in [0.1, 0.15) is 62.4 Å². The lowest BCUT2D eigenvalue weighted by molar-refractivity contribution is -0.163. The molecule has 6 heteroatoms. The summed E-state index contributed by atoms with van der Waals surface area (Å²) in [5.74, 6) is 0.0699. The van der Waals surface area contributed by atoms with E-state index in [0.717, 1.165) is 25.7 Å². The van der Waals surface area contributed by atoms with E-state index < -0.39 is 5.60 Å². The lowest BCUT2D eigenvalue weighted by atomic mass is 9.68. The number of benzene rings is 2. The first-order valence-electron chi connectivity index (χ1n) is 11.5. The average Bonchev–Trinajstić information content (AvgIpc) is 2.81. The minimum atomic E-state index is -0.519. The second-order valence-corrected chi connectivity index (χ2v) is 9.63. The van der Waals surface area contributed by atoms with E-state index in [2.05, 4.69) is 17.4 Å². The minimum Gasteiger partial charge on any atom is -0.496 e. The lowest BCUT2D eigenvalue weighted by Gasteiger charge is -2.41. The molecule has 0 unspecified atom stereocenters. The Hall–Kier alpha value is -2.86. The molecule has 0 aromatic heterocycles. The number of hydrogen-bond acceptors (Lipinski definition) is 5. The van der Waals surface area contributed by atoms with E-state index in [0.29, 0.717) is 17.9 Å². The smallest absolute Gasteiger partial charge is 0.332 e. The molecule has 1 amide bonds. The molecule has 3 rings (SSSR count). The summed E-state index contributed by atoms with van der Waals surface area (Å²) in [5, 5.41) is 3.14. The van der Waals surface area contributed by atoms with Gasteiger partial charge in [0.2, 0.25) is 0 Å². The number of nitrogens with one attached hydrogen (secondary N) is 1. The van der Waals surface area contributed by atoms with Crippen LogP contribution in [-0.4, -0.2) is 43.8 Å². The second-order valence-electron chi connectivity index (χ2n) is 9.63. The van der Waals surface area contributed by atoms with Crippen LogP contribution in [0.3, 0.4) is 0 Å². The quantitative estimate of drug-likeness (QED) is 0.589. The number of rotatable bonds is 8. The highest BCUT2D eigenvalue weighted by atomic mass is 16.6. The average molecular weight is 454 g/mol. The van der Waals surface area contributed by atoms with Crippen molar-refractivity contribution in [2.24, 2.45) is 0 Å². The molecule has 2 aromatic rings. The molecule has 0 spiro atoms. The molecule has 0 atom stereocenters.